The summed E-state index contributed by atoms with van der Waals surface area (Å²) in [4.78, 5) is 25.2. The molecule has 2 heterocycles. The number of aromatic hydroxyl groups is 1. The third kappa shape index (κ3) is 4.71. The molecule has 1 aromatic heterocycles. The molecule has 3 aliphatic carbocycles. The Bertz CT molecular complexity index is 953. The fourth-order valence-corrected chi connectivity index (χ4v) is 6.57. The van der Waals surface area contributed by atoms with E-state index in [1.54, 1.807) is 12.3 Å². The van der Waals surface area contributed by atoms with Crippen molar-refractivity contribution >= 4 is 40.0 Å². The zero-order valence-electron chi connectivity index (χ0n) is 19.1. The Kier molecular flexibility index (Phi) is 6.53. The number of phenols is 1. The lowest BCUT2D eigenvalue weighted by Gasteiger charge is -2.51. The standard InChI is InChI=1S/C26H33IN4O2/c27-26-11-8-25(9-12-26,10-13-26)24(33)31(23-7-3-4-14-28-23)20-17-29-15-18-30(19-16-29)21-5-1-2-6-22(21)32/h1-7,14,32H,8-13,15-20H2. The van der Waals surface area contributed by atoms with Crippen molar-refractivity contribution in [3.05, 3.63) is 48.7 Å². The number of anilines is 2. The molecule has 4 fully saturated rings. The summed E-state index contributed by atoms with van der Waals surface area (Å²) in [6.07, 6.45) is 8.29. The molecule has 0 atom stereocenters. The number of pyridine rings is 1. The number of carbonyl (C=O) groups is 1. The molecule has 176 valence electrons. The number of alkyl halides is 1. The molecule has 1 N–H and O–H groups in total. The molecule has 6 nitrogen and oxygen atoms in total. The van der Waals surface area contributed by atoms with Crippen LogP contribution in [-0.2, 0) is 4.79 Å². The van der Waals surface area contributed by atoms with Crippen molar-refractivity contribution < 1.29 is 9.90 Å². The summed E-state index contributed by atoms with van der Waals surface area (Å²) in [5, 5.41) is 10.2. The number of hydrogen-bond acceptors (Lipinski definition) is 5. The minimum absolute atomic E-state index is 0.200. The number of hydrogen-bond donors (Lipinski definition) is 1. The summed E-state index contributed by atoms with van der Waals surface area (Å²) >= 11 is 2.64. The number of halogens is 1. The Labute approximate surface area is 210 Å². The summed E-state index contributed by atoms with van der Waals surface area (Å²) in [5.41, 5.74) is 0.705. The Morgan fingerprint density at radius 1 is 0.970 bits per heavy atom. The van der Waals surface area contributed by atoms with Crippen molar-refractivity contribution in [2.45, 2.75) is 41.9 Å². The van der Waals surface area contributed by atoms with Crippen molar-refractivity contribution in [1.82, 2.24) is 9.88 Å². The van der Waals surface area contributed by atoms with Crippen molar-refractivity contribution in [1.29, 1.82) is 0 Å². The molecule has 7 heteroatoms. The minimum atomic E-state index is -0.200. The highest BCUT2D eigenvalue weighted by atomic mass is 127. The van der Waals surface area contributed by atoms with Crippen LogP contribution in [0.25, 0.3) is 0 Å². The number of para-hydroxylation sites is 2. The number of nitrogens with zero attached hydrogens (tertiary/aromatic N) is 4. The maximum Gasteiger partial charge on any atom is 0.234 e. The van der Waals surface area contributed by atoms with Gasteiger partial charge in [-0.05, 0) is 62.8 Å². The largest absolute Gasteiger partial charge is 0.506 e. The van der Waals surface area contributed by atoms with Gasteiger partial charge >= 0.3 is 0 Å². The zero-order valence-corrected chi connectivity index (χ0v) is 21.3. The van der Waals surface area contributed by atoms with E-state index in [0.29, 0.717) is 15.7 Å². The van der Waals surface area contributed by atoms with Gasteiger partial charge < -0.3 is 10.0 Å². The van der Waals surface area contributed by atoms with E-state index in [1.165, 1.54) is 0 Å². The summed E-state index contributed by atoms with van der Waals surface area (Å²) in [5.74, 6) is 1.40. The van der Waals surface area contributed by atoms with E-state index in [-0.39, 0.29) is 11.3 Å². The molecule has 33 heavy (non-hydrogen) atoms. The molecule has 1 saturated heterocycles. The van der Waals surface area contributed by atoms with Crippen LogP contribution in [0.2, 0.25) is 0 Å². The Morgan fingerprint density at radius 3 is 2.27 bits per heavy atom. The molecule has 2 aromatic rings. The van der Waals surface area contributed by atoms with Crippen molar-refractivity contribution in [2.75, 3.05) is 49.1 Å². The highest BCUT2D eigenvalue weighted by molar-refractivity contribution is 14.1. The number of benzene rings is 1. The number of fused-ring (bicyclic) bond motifs is 3. The molecule has 2 bridgehead atoms. The van der Waals surface area contributed by atoms with E-state index in [4.69, 9.17) is 0 Å². The molecule has 0 spiro atoms. The normalized spacial score (nSPS) is 27.5. The summed E-state index contributed by atoms with van der Waals surface area (Å²) in [6, 6.07) is 13.4. The topological polar surface area (TPSA) is 59.9 Å². The van der Waals surface area contributed by atoms with E-state index >= 15 is 0 Å². The number of piperazine rings is 1. The maximum atomic E-state index is 14.0. The number of aromatic nitrogens is 1. The predicted octanol–water partition coefficient (Wildman–Crippen LogP) is 4.47. The van der Waals surface area contributed by atoms with Gasteiger partial charge in [-0.15, -0.1) is 0 Å². The molecule has 0 radical (unpaired) electrons. The molecule has 4 aliphatic rings. The van der Waals surface area contributed by atoms with E-state index in [9.17, 15) is 9.90 Å². The highest BCUT2D eigenvalue weighted by Gasteiger charge is 2.52. The van der Waals surface area contributed by atoms with Gasteiger partial charge in [0.15, 0.2) is 0 Å². The van der Waals surface area contributed by atoms with Gasteiger partial charge in [0.05, 0.1) is 5.69 Å². The zero-order chi connectivity index (χ0) is 22.9. The first-order valence-electron chi connectivity index (χ1n) is 12.2. The van der Waals surface area contributed by atoms with Gasteiger partial charge in [-0.3, -0.25) is 14.6 Å². The Morgan fingerprint density at radius 2 is 1.64 bits per heavy atom. The Hall–Kier alpha value is -1.87. The predicted molar refractivity (Wildman–Crippen MR) is 140 cm³/mol. The molecule has 6 rings (SSSR count). The van der Waals surface area contributed by atoms with Gasteiger partial charge in [-0.2, -0.15) is 0 Å². The van der Waals surface area contributed by atoms with Crippen LogP contribution in [0.3, 0.4) is 0 Å². The van der Waals surface area contributed by atoms with Crippen molar-refractivity contribution in [3.63, 3.8) is 0 Å². The van der Waals surface area contributed by atoms with Crippen LogP contribution >= 0.6 is 22.6 Å². The van der Waals surface area contributed by atoms with Gasteiger partial charge in [-0.25, -0.2) is 4.98 Å². The monoisotopic (exact) mass is 560 g/mol. The summed E-state index contributed by atoms with van der Waals surface area (Å²) in [7, 11) is 0. The quantitative estimate of drug-likeness (QED) is 0.418. The third-order valence-electron chi connectivity index (χ3n) is 8.01. The van der Waals surface area contributed by atoms with Crippen molar-refractivity contribution in [2.24, 2.45) is 5.41 Å². The fourth-order valence-electron chi connectivity index (χ4n) is 5.77. The Balaban J connectivity index is 1.25. The van der Waals surface area contributed by atoms with Gasteiger partial charge in [0.2, 0.25) is 5.91 Å². The molecule has 3 saturated carbocycles. The number of phenolic OH excluding ortho intramolecular Hbond substituents is 1. The van der Waals surface area contributed by atoms with Gasteiger partial charge in [0, 0.05) is 54.3 Å². The smallest absolute Gasteiger partial charge is 0.234 e. The second-order valence-corrected chi connectivity index (χ2v) is 12.2. The van der Waals surface area contributed by atoms with Crippen LogP contribution < -0.4 is 9.80 Å². The van der Waals surface area contributed by atoms with E-state index in [0.717, 1.165) is 82.8 Å². The SMILES string of the molecule is O=C(N(CCN1CCN(c2ccccc2O)CC1)c1ccccn1)C12CCC(I)(CC1)CC2. The molecule has 1 aliphatic heterocycles. The fraction of sp³-hybridized carbons (Fsp3) is 0.538. The average Bonchev–Trinajstić information content (AvgIpc) is 2.86. The first kappa shape index (κ1) is 22.9. The van der Waals surface area contributed by atoms with Crippen molar-refractivity contribution in [3.8, 4) is 5.75 Å². The van der Waals surface area contributed by atoms with Crippen LogP contribution in [0.15, 0.2) is 48.7 Å². The highest BCUT2D eigenvalue weighted by Crippen LogP contribution is 2.57. The van der Waals surface area contributed by atoms with Crippen LogP contribution in [0.5, 0.6) is 5.75 Å². The number of amides is 1. The van der Waals surface area contributed by atoms with Gasteiger partial charge in [0.1, 0.15) is 11.6 Å². The first-order valence-corrected chi connectivity index (χ1v) is 13.2. The average molecular weight is 560 g/mol. The molecule has 1 amide bonds. The van der Waals surface area contributed by atoms with Crippen LogP contribution in [-0.4, -0.2) is 63.6 Å². The van der Waals surface area contributed by atoms with Crippen LogP contribution in [0.4, 0.5) is 11.5 Å². The van der Waals surface area contributed by atoms with Crippen LogP contribution in [0.1, 0.15) is 38.5 Å². The minimum Gasteiger partial charge on any atom is -0.506 e. The van der Waals surface area contributed by atoms with Crippen LogP contribution in [0, 0.1) is 5.41 Å². The first-order chi connectivity index (χ1) is 16.0. The third-order valence-corrected chi connectivity index (χ3v) is 9.63. The van der Waals surface area contributed by atoms with E-state index in [1.807, 2.05) is 41.3 Å². The van der Waals surface area contributed by atoms with Gasteiger partial charge in [0.25, 0.3) is 0 Å². The number of carbonyl (C=O) groups excluding carboxylic acids is 1. The lowest BCUT2D eigenvalue weighted by atomic mass is 9.60. The lowest BCUT2D eigenvalue weighted by Crippen LogP contribution is -2.54. The molecule has 0 unspecified atom stereocenters. The molecular weight excluding hydrogens is 527 g/mol. The maximum absolute atomic E-state index is 14.0. The molecular formula is C26H33IN4O2. The second-order valence-electron chi connectivity index (χ2n) is 9.89. The van der Waals surface area contributed by atoms with E-state index < -0.39 is 0 Å². The molecule has 1 aromatic carbocycles. The summed E-state index contributed by atoms with van der Waals surface area (Å²) < 4.78 is 0.419. The lowest BCUT2D eigenvalue weighted by molar-refractivity contribution is -0.133. The van der Waals surface area contributed by atoms with E-state index in [2.05, 4.69) is 37.4 Å². The second kappa shape index (κ2) is 9.41. The van der Waals surface area contributed by atoms with Gasteiger partial charge in [-0.1, -0.05) is 40.8 Å². The number of rotatable bonds is 6. The summed E-state index contributed by atoms with van der Waals surface area (Å²) in [6.45, 7) is 5.09.